The molecule has 0 radical (unpaired) electrons. The maximum Gasteiger partial charge on any atom is 0.352 e. The minimum Gasteiger partial charge on any atom is -0.477 e. The number of hydrogen-bond acceptors (Lipinski definition) is 1. The van der Waals surface area contributed by atoms with Gasteiger partial charge in [0, 0.05) is 11.6 Å². The third-order valence-electron chi connectivity index (χ3n) is 3.26. The number of rotatable bonds is 3. The zero-order valence-corrected chi connectivity index (χ0v) is 10.7. The molecule has 1 fully saturated rings. The van der Waals surface area contributed by atoms with E-state index in [-0.39, 0.29) is 16.8 Å². The van der Waals surface area contributed by atoms with E-state index in [9.17, 15) is 14.3 Å². The minimum absolute atomic E-state index is 0.206. The van der Waals surface area contributed by atoms with Crippen LogP contribution in [0.4, 0.5) is 4.39 Å². The van der Waals surface area contributed by atoms with E-state index in [4.69, 9.17) is 11.6 Å². The highest BCUT2D eigenvalue weighted by atomic mass is 35.5. The van der Waals surface area contributed by atoms with Gasteiger partial charge in [-0.15, -0.1) is 0 Å². The third-order valence-corrected chi connectivity index (χ3v) is 3.57. The molecule has 0 aliphatic heterocycles. The molecule has 19 heavy (non-hydrogen) atoms. The normalized spacial score (nSPS) is 14.6. The van der Waals surface area contributed by atoms with E-state index < -0.39 is 11.8 Å². The van der Waals surface area contributed by atoms with Crippen LogP contribution in [0.1, 0.15) is 29.4 Å². The summed E-state index contributed by atoms with van der Waals surface area (Å²) in [5.41, 5.74) is 1.63. The Kier molecular flexibility index (Phi) is 2.82. The van der Waals surface area contributed by atoms with Crippen LogP contribution in [0, 0.1) is 5.82 Å². The zero-order valence-electron chi connectivity index (χ0n) is 9.94. The van der Waals surface area contributed by atoms with Crippen molar-refractivity contribution in [2.24, 2.45) is 0 Å². The Morgan fingerprint density at radius 1 is 1.32 bits per heavy atom. The van der Waals surface area contributed by atoms with Crippen LogP contribution in [-0.2, 0) is 0 Å². The van der Waals surface area contributed by atoms with Crippen LogP contribution in [-0.4, -0.2) is 15.6 Å². The smallest absolute Gasteiger partial charge is 0.352 e. The fourth-order valence-corrected chi connectivity index (χ4v) is 2.53. The molecule has 1 aliphatic rings. The van der Waals surface area contributed by atoms with E-state index in [1.807, 2.05) is 0 Å². The summed E-state index contributed by atoms with van der Waals surface area (Å²) in [5.74, 6) is -1.37. The summed E-state index contributed by atoms with van der Waals surface area (Å²) in [4.78, 5) is 11.2. The molecule has 0 atom stereocenters. The molecule has 1 aromatic heterocycles. The highest BCUT2D eigenvalue weighted by Crippen LogP contribution is 2.41. The van der Waals surface area contributed by atoms with E-state index in [0.29, 0.717) is 5.56 Å². The number of benzene rings is 1. The molecule has 0 spiro atoms. The first kappa shape index (κ1) is 12.2. The van der Waals surface area contributed by atoms with E-state index >= 15 is 0 Å². The monoisotopic (exact) mass is 279 g/mol. The molecule has 98 valence electrons. The summed E-state index contributed by atoms with van der Waals surface area (Å²) in [7, 11) is 0. The highest BCUT2D eigenvalue weighted by Gasteiger charge is 2.30. The van der Waals surface area contributed by atoms with Crippen LogP contribution in [0.25, 0.3) is 11.3 Å². The topological polar surface area (TPSA) is 42.2 Å². The number of carboxylic acid groups (broad SMARTS) is 1. The van der Waals surface area contributed by atoms with Gasteiger partial charge in [-0.05, 0) is 43.2 Å². The SMILES string of the molecule is O=C(O)c1ccc(-c2ccc(F)cc2Cl)n1C1CC1. The fraction of sp³-hybridized carbons (Fsp3) is 0.214. The summed E-state index contributed by atoms with van der Waals surface area (Å²) >= 11 is 6.05. The van der Waals surface area contributed by atoms with E-state index in [1.165, 1.54) is 12.1 Å². The first-order valence-corrected chi connectivity index (χ1v) is 6.35. The van der Waals surface area contributed by atoms with Gasteiger partial charge < -0.3 is 9.67 Å². The lowest BCUT2D eigenvalue weighted by Crippen LogP contribution is -2.08. The molecule has 1 aromatic carbocycles. The van der Waals surface area contributed by atoms with Gasteiger partial charge in [-0.2, -0.15) is 0 Å². The molecule has 3 nitrogen and oxygen atoms in total. The van der Waals surface area contributed by atoms with Gasteiger partial charge in [0.15, 0.2) is 0 Å². The lowest BCUT2D eigenvalue weighted by molar-refractivity contribution is 0.0685. The number of nitrogens with zero attached hydrogens (tertiary/aromatic N) is 1. The zero-order chi connectivity index (χ0) is 13.6. The minimum atomic E-state index is -0.962. The molecule has 5 heteroatoms. The van der Waals surface area contributed by atoms with Crippen molar-refractivity contribution < 1.29 is 14.3 Å². The average Bonchev–Trinajstić information content (AvgIpc) is 3.08. The number of carbonyl (C=O) groups is 1. The quantitative estimate of drug-likeness (QED) is 0.923. The van der Waals surface area contributed by atoms with E-state index in [0.717, 1.165) is 18.5 Å². The molecule has 1 aliphatic carbocycles. The molecule has 0 amide bonds. The maximum absolute atomic E-state index is 13.1. The van der Waals surface area contributed by atoms with Gasteiger partial charge in [0.1, 0.15) is 11.5 Å². The van der Waals surface area contributed by atoms with Crippen LogP contribution < -0.4 is 0 Å². The Labute approximate surface area is 114 Å². The second-order valence-corrected chi connectivity index (χ2v) is 5.04. The molecule has 1 heterocycles. The van der Waals surface area contributed by atoms with Crippen molar-refractivity contribution in [3.8, 4) is 11.3 Å². The van der Waals surface area contributed by atoms with Crippen molar-refractivity contribution in [1.29, 1.82) is 0 Å². The summed E-state index contributed by atoms with van der Waals surface area (Å²) < 4.78 is 14.9. The van der Waals surface area contributed by atoms with Crippen LogP contribution in [0.3, 0.4) is 0 Å². The Morgan fingerprint density at radius 2 is 2.05 bits per heavy atom. The van der Waals surface area contributed by atoms with E-state index in [2.05, 4.69) is 0 Å². The van der Waals surface area contributed by atoms with Gasteiger partial charge in [-0.3, -0.25) is 0 Å². The molecule has 0 bridgehead atoms. The van der Waals surface area contributed by atoms with Gasteiger partial charge >= 0.3 is 5.97 Å². The Morgan fingerprint density at radius 3 is 2.63 bits per heavy atom. The predicted octanol–water partition coefficient (Wildman–Crippen LogP) is 3.98. The fourth-order valence-electron chi connectivity index (χ4n) is 2.27. The molecule has 1 saturated carbocycles. The molecule has 0 unspecified atom stereocenters. The lowest BCUT2D eigenvalue weighted by Gasteiger charge is -2.11. The Bertz CT molecular complexity index is 661. The molecule has 1 N–H and O–H groups in total. The molecule has 2 aromatic rings. The molecular formula is C14H11ClFNO2. The van der Waals surface area contributed by atoms with Crippen molar-refractivity contribution in [3.05, 3.63) is 46.9 Å². The number of carboxylic acids is 1. The van der Waals surface area contributed by atoms with Crippen molar-refractivity contribution in [2.75, 3.05) is 0 Å². The Balaban J connectivity index is 2.17. The van der Waals surface area contributed by atoms with Crippen molar-refractivity contribution in [2.45, 2.75) is 18.9 Å². The second-order valence-electron chi connectivity index (χ2n) is 4.63. The van der Waals surface area contributed by atoms with Crippen molar-refractivity contribution in [1.82, 2.24) is 4.57 Å². The Hall–Kier alpha value is -1.81. The van der Waals surface area contributed by atoms with Gasteiger partial charge in [-0.1, -0.05) is 11.6 Å². The summed E-state index contributed by atoms with van der Waals surface area (Å²) in [6.45, 7) is 0. The highest BCUT2D eigenvalue weighted by molar-refractivity contribution is 6.33. The van der Waals surface area contributed by atoms with Crippen LogP contribution in [0.15, 0.2) is 30.3 Å². The molecule has 3 rings (SSSR count). The van der Waals surface area contributed by atoms with Crippen LogP contribution in [0.2, 0.25) is 5.02 Å². The third kappa shape index (κ3) is 2.12. The number of halogens is 2. The summed E-state index contributed by atoms with van der Waals surface area (Å²) in [5, 5.41) is 9.49. The van der Waals surface area contributed by atoms with Crippen molar-refractivity contribution >= 4 is 17.6 Å². The molecule has 0 saturated heterocycles. The number of aromatic carboxylic acids is 1. The van der Waals surface area contributed by atoms with Crippen LogP contribution in [0.5, 0.6) is 0 Å². The summed E-state index contributed by atoms with van der Waals surface area (Å²) in [6, 6.07) is 7.64. The standard InChI is InChI=1S/C14H11ClFNO2/c15-11-7-8(16)1-4-10(11)12-5-6-13(14(18)19)17(12)9-2-3-9/h1,4-7,9H,2-3H2,(H,18,19). The number of aromatic nitrogens is 1. The van der Waals surface area contributed by atoms with Crippen molar-refractivity contribution in [3.63, 3.8) is 0 Å². The first-order chi connectivity index (χ1) is 9.08. The van der Waals surface area contributed by atoms with Gasteiger partial charge in [-0.25, -0.2) is 9.18 Å². The van der Waals surface area contributed by atoms with Crippen LogP contribution >= 0.6 is 11.6 Å². The lowest BCUT2D eigenvalue weighted by atomic mass is 10.1. The largest absolute Gasteiger partial charge is 0.477 e. The molecular weight excluding hydrogens is 269 g/mol. The van der Waals surface area contributed by atoms with Gasteiger partial charge in [0.25, 0.3) is 0 Å². The van der Waals surface area contributed by atoms with Gasteiger partial charge in [0.05, 0.1) is 10.7 Å². The van der Waals surface area contributed by atoms with E-state index in [1.54, 1.807) is 22.8 Å². The second kappa shape index (κ2) is 4.38. The number of hydrogen-bond donors (Lipinski definition) is 1. The summed E-state index contributed by atoms with van der Waals surface area (Å²) in [6.07, 6.45) is 1.92. The predicted molar refractivity (Wildman–Crippen MR) is 70.1 cm³/mol. The van der Waals surface area contributed by atoms with Gasteiger partial charge in [0.2, 0.25) is 0 Å². The first-order valence-electron chi connectivity index (χ1n) is 5.98. The maximum atomic E-state index is 13.1. The average molecular weight is 280 g/mol.